The van der Waals surface area contributed by atoms with E-state index in [1.165, 1.54) is 6.07 Å². The van der Waals surface area contributed by atoms with Crippen molar-refractivity contribution in [1.82, 2.24) is 4.57 Å². The first-order valence-corrected chi connectivity index (χ1v) is 7.39. The predicted molar refractivity (Wildman–Crippen MR) is 86.8 cm³/mol. The van der Waals surface area contributed by atoms with Gasteiger partial charge in [-0.1, -0.05) is 29.8 Å². The van der Waals surface area contributed by atoms with Crippen LogP contribution in [-0.2, 0) is 6.54 Å². The molecule has 0 bridgehead atoms. The van der Waals surface area contributed by atoms with Gasteiger partial charge < -0.3 is 4.57 Å². The second-order valence-corrected chi connectivity index (χ2v) is 5.88. The summed E-state index contributed by atoms with van der Waals surface area (Å²) in [5, 5.41) is 12.7. The minimum absolute atomic E-state index is 0.0713. The van der Waals surface area contributed by atoms with Gasteiger partial charge in [0.2, 0.25) is 0 Å². The Morgan fingerprint density at radius 3 is 2.81 bits per heavy atom. The number of hydrogen-bond acceptors (Lipinski definition) is 2. The smallest absolute Gasteiger partial charge is 0.283 e. The lowest BCUT2D eigenvalue weighted by molar-refractivity contribution is -0.385. The molecule has 21 heavy (non-hydrogen) atoms. The highest BCUT2D eigenvalue weighted by atomic mass is 79.9. The highest BCUT2D eigenvalue weighted by Gasteiger charge is 2.15. The van der Waals surface area contributed by atoms with Crippen molar-refractivity contribution in [3.63, 3.8) is 0 Å². The summed E-state index contributed by atoms with van der Waals surface area (Å²) >= 11 is 9.36. The molecular formula is C15H10BrClN2O2. The zero-order valence-electron chi connectivity index (χ0n) is 10.8. The van der Waals surface area contributed by atoms with Gasteiger partial charge in [0, 0.05) is 29.3 Å². The van der Waals surface area contributed by atoms with Crippen LogP contribution in [0.25, 0.3) is 10.9 Å². The Labute approximate surface area is 134 Å². The zero-order valence-corrected chi connectivity index (χ0v) is 13.1. The molecular weight excluding hydrogens is 356 g/mol. The van der Waals surface area contributed by atoms with Crippen LogP contribution in [-0.4, -0.2) is 9.49 Å². The first-order chi connectivity index (χ1) is 10.1. The van der Waals surface area contributed by atoms with Gasteiger partial charge in [-0.05, 0) is 45.1 Å². The molecule has 6 heteroatoms. The molecule has 0 amide bonds. The van der Waals surface area contributed by atoms with Crippen molar-refractivity contribution in [2.75, 3.05) is 0 Å². The summed E-state index contributed by atoms with van der Waals surface area (Å²) in [5.74, 6) is 0. The molecule has 0 radical (unpaired) electrons. The Hall–Kier alpha value is -1.85. The summed E-state index contributed by atoms with van der Waals surface area (Å²) in [4.78, 5) is 10.6. The van der Waals surface area contributed by atoms with Crippen LogP contribution in [0.15, 0.2) is 53.1 Å². The standard InChI is InChI=1S/C15H10BrClN2O2/c16-15-11(2-1-3-13(15)19(20)21)9-18-7-6-10-4-5-12(17)8-14(10)18/h1-8H,9H2. The van der Waals surface area contributed by atoms with Crippen molar-refractivity contribution in [1.29, 1.82) is 0 Å². The van der Waals surface area contributed by atoms with Gasteiger partial charge in [0.15, 0.2) is 0 Å². The lowest BCUT2D eigenvalue weighted by Gasteiger charge is -2.08. The first-order valence-electron chi connectivity index (χ1n) is 6.22. The highest BCUT2D eigenvalue weighted by Crippen LogP contribution is 2.30. The number of nitro benzene ring substituents is 1. The molecule has 0 fully saturated rings. The third-order valence-electron chi connectivity index (χ3n) is 3.33. The van der Waals surface area contributed by atoms with Crippen LogP contribution in [0.3, 0.4) is 0 Å². The Bertz CT molecular complexity index is 845. The van der Waals surface area contributed by atoms with Gasteiger partial charge in [-0.15, -0.1) is 0 Å². The van der Waals surface area contributed by atoms with E-state index in [0.717, 1.165) is 16.5 Å². The summed E-state index contributed by atoms with van der Waals surface area (Å²) in [6, 6.07) is 12.7. The molecule has 1 aromatic heterocycles. The minimum atomic E-state index is -0.391. The van der Waals surface area contributed by atoms with Crippen LogP contribution >= 0.6 is 27.5 Å². The van der Waals surface area contributed by atoms with Crippen LogP contribution in [0.2, 0.25) is 5.02 Å². The maximum absolute atomic E-state index is 11.0. The molecule has 3 rings (SSSR count). The third-order valence-corrected chi connectivity index (χ3v) is 4.48. The average Bonchev–Trinajstić information content (AvgIpc) is 2.83. The van der Waals surface area contributed by atoms with Gasteiger partial charge >= 0.3 is 0 Å². The van der Waals surface area contributed by atoms with E-state index in [2.05, 4.69) is 15.9 Å². The first kappa shape index (κ1) is 14.1. The SMILES string of the molecule is O=[N+]([O-])c1cccc(Cn2ccc3ccc(Cl)cc32)c1Br. The van der Waals surface area contributed by atoms with E-state index in [1.807, 2.05) is 41.1 Å². The Kier molecular flexibility index (Phi) is 3.69. The lowest BCUT2D eigenvalue weighted by Crippen LogP contribution is -2.00. The molecule has 0 aliphatic rings. The van der Waals surface area contributed by atoms with Crippen molar-refractivity contribution in [3.8, 4) is 0 Å². The summed E-state index contributed by atoms with van der Waals surface area (Å²) in [6.07, 6.45) is 1.95. The fourth-order valence-corrected chi connectivity index (χ4v) is 3.01. The van der Waals surface area contributed by atoms with E-state index in [0.29, 0.717) is 16.0 Å². The van der Waals surface area contributed by atoms with E-state index < -0.39 is 4.92 Å². The molecule has 0 saturated carbocycles. The number of halogens is 2. The Balaban J connectivity index is 2.05. The van der Waals surface area contributed by atoms with Crippen LogP contribution < -0.4 is 0 Å². The van der Waals surface area contributed by atoms with E-state index in [-0.39, 0.29) is 5.69 Å². The molecule has 0 atom stereocenters. The number of nitro groups is 1. The average molecular weight is 366 g/mol. The highest BCUT2D eigenvalue weighted by molar-refractivity contribution is 9.10. The second kappa shape index (κ2) is 5.50. The summed E-state index contributed by atoms with van der Waals surface area (Å²) in [5.41, 5.74) is 1.92. The largest absolute Gasteiger partial charge is 0.343 e. The van der Waals surface area contributed by atoms with E-state index in [9.17, 15) is 10.1 Å². The monoisotopic (exact) mass is 364 g/mol. The van der Waals surface area contributed by atoms with Gasteiger partial charge in [-0.25, -0.2) is 0 Å². The molecule has 0 spiro atoms. The lowest BCUT2D eigenvalue weighted by atomic mass is 10.2. The summed E-state index contributed by atoms with van der Waals surface area (Å²) in [6.45, 7) is 0.534. The molecule has 0 aliphatic carbocycles. The third kappa shape index (κ3) is 2.66. The molecule has 3 aromatic rings. The number of benzene rings is 2. The molecule has 106 valence electrons. The Morgan fingerprint density at radius 2 is 2.05 bits per heavy atom. The van der Waals surface area contributed by atoms with E-state index in [1.54, 1.807) is 6.07 Å². The molecule has 1 heterocycles. The van der Waals surface area contributed by atoms with Crippen molar-refractivity contribution >= 4 is 44.1 Å². The molecule has 4 nitrogen and oxygen atoms in total. The number of fused-ring (bicyclic) bond motifs is 1. The van der Waals surface area contributed by atoms with Crippen LogP contribution in [0.4, 0.5) is 5.69 Å². The zero-order chi connectivity index (χ0) is 15.0. The van der Waals surface area contributed by atoms with Crippen LogP contribution in [0.5, 0.6) is 0 Å². The van der Waals surface area contributed by atoms with Gasteiger partial charge in [0.05, 0.1) is 4.92 Å². The maximum atomic E-state index is 11.0. The van der Waals surface area contributed by atoms with Crippen molar-refractivity contribution in [2.45, 2.75) is 6.54 Å². The molecule has 0 N–H and O–H groups in total. The fraction of sp³-hybridized carbons (Fsp3) is 0.0667. The van der Waals surface area contributed by atoms with Gasteiger partial charge in [-0.3, -0.25) is 10.1 Å². The topological polar surface area (TPSA) is 48.1 Å². The van der Waals surface area contributed by atoms with Gasteiger partial charge in [0.1, 0.15) is 4.47 Å². The molecule has 0 unspecified atom stereocenters. The number of aromatic nitrogens is 1. The predicted octanol–water partition coefficient (Wildman–Crippen LogP) is 5.01. The molecule has 0 saturated heterocycles. The van der Waals surface area contributed by atoms with Gasteiger partial charge in [-0.2, -0.15) is 0 Å². The van der Waals surface area contributed by atoms with Crippen molar-refractivity contribution < 1.29 is 4.92 Å². The van der Waals surface area contributed by atoms with Crippen LogP contribution in [0, 0.1) is 10.1 Å². The van der Waals surface area contributed by atoms with Crippen LogP contribution in [0.1, 0.15) is 5.56 Å². The van der Waals surface area contributed by atoms with Gasteiger partial charge in [0.25, 0.3) is 5.69 Å². The normalized spacial score (nSPS) is 11.0. The Morgan fingerprint density at radius 1 is 1.24 bits per heavy atom. The van der Waals surface area contributed by atoms with E-state index >= 15 is 0 Å². The molecule has 2 aromatic carbocycles. The molecule has 0 aliphatic heterocycles. The van der Waals surface area contributed by atoms with E-state index in [4.69, 9.17) is 11.6 Å². The van der Waals surface area contributed by atoms with Crippen molar-refractivity contribution in [2.24, 2.45) is 0 Å². The summed E-state index contributed by atoms with van der Waals surface area (Å²) < 4.78 is 2.53. The number of rotatable bonds is 3. The number of nitrogens with zero attached hydrogens (tertiary/aromatic N) is 2. The van der Waals surface area contributed by atoms with Crippen molar-refractivity contribution in [3.05, 3.63) is 73.8 Å². The number of hydrogen-bond donors (Lipinski definition) is 0. The summed E-state index contributed by atoms with van der Waals surface area (Å²) in [7, 11) is 0. The quantitative estimate of drug-likeness (QED) is 0.483. The second-order valence-electron chi connectivity index (χ2n) is 4.65. The maximum Gasteiger partial charge on any atom is 0.283 e. The minimum Gasteiger partial charge on any atom is -0.343 e. The fourth-order valence-electron chi connectivity index (χ4n) is 2.31.